The van der Waals surface area contributed by atoms with E-state index in [-0.39, 0.29) is 24.0 Å². The van der Waals surface area contributed by atoms with Crippen molar-refractivity contribution in [2.45, 2.75) is 26.2 Å². The zero-order chi connectivity index (χ0) is 15.8. The summed E-state index contributed by atoms with van der Waals surface area (Å²) in [6, 6.07) is 12.5. The predicted molar refractivity (Wildman–Crippen MR) is 107 cm³/mol. The Kier molecular flexibility index (Phi) is 8.76. The number of nitrogens with one attached hydrogen (secondary N) is 2. The number of furan rings is 1. The van der Waals surface area contributed by atoms with Crippen LogP contribution in [0.2, 0.25) is 0 Å². The summed E-state index contributed by atoms with van der Waals surface area (Å²) in [4.78, 5) is 4.25. The van der Waals surface area contributed by atoms with E-state index < -0.39 is 0 Å². The molecule has 1 unspecified atom stereocenters. The minimum absolute atomic E-state index is 0. The predicted octanol–water partition coefficient (Wildman–Crippen LogP) is 3.72. The first-order chi connectivity index (χ1) is 10.7. The Labute approximate surface area is 155 Å². The van der Waals surface area contributed by atoms with Crippen LogP contribution in [0.5, 0.6) is 0 Å². The van der Waals surface area contributed by atoms with E-state index in [2.05, 4.69) is 53.7 Å². The molecule has 0 amide bonds. The summed E-state index contributed by atoms with van der Waals surface area (Å²) in [6.45, 7) is 5.99. The third-order valence-corrected chi connectivity index (χ3v) is 3.65. The molecule has 5 heteroatoms. The van der Waals surface area contributed by atoms with Crippen molar-refractivity contribution in [3.05, 3.63) is 59.5 Å². The van der Waals surface area contributed by atoms with Gasteiger partial charge >= 0.3 is 0 Å². The van der Waals surface area contributed by atoms with Gasteiger partial charge in [-0.2, -0.15) is 0 Å². The largest absolute Gasteiger partial charge is 0.469 e. The monoisotopic (exact) mass is 427 g/mol. The third kappa shape index (κ3) is 6.64. The number of nitrogens with zero attached hydrogens (tertiary/aromatic N) is 1. The highest BCUT2D eigenvalue weighted by atomic mass is 127. The van der Waals surface area contributed by atoms with Crippen molar-refractivity contribution in [3.63, 3.8) is 0 Å². The van der Waals surface area contributed by atoms with Crippen LogP contribution in [0, 0.1) is 6.92 Å². The lowest BCUT2D eigenvalue weighted by atomic mass is 9.99. The van der Waals surface area contributed by atoms with E-state index in [1.165, 1.54) is 11.1 Å². The molecule has 0 fully saturated rings. The Morgan fingerprint density at radius 2 is 2.04 bits per heavy atom. The lowest BCUT2D eigenvalue weighted by Gasteiger charge is -2.16. The van der Waals surface area contributed by atoms with Crippen LogP contribution in [-0.2, 0) is 6.42 Å². The number of aryl methyl sites for hydroxylation is 1. The molecule has 2 N–H and O–H groups in total. The molecule has 0 saturated carbocycles. The minimum atomic E-state index is 0. The number of rotatable bonds is 6. The van der Waals surface area contributed by atoms with E-state index >= 15 is 0 Å². The van der Waals surface area contributed by atoms with E-state index in [1.54, 1.807) is 13.3 Å². The second-order valence-corrected chi connectivity index (χ2v) is 5.52. The molecule has 0 radical (unpaired) electrons. The normalized spacial score (nSPS) is 12.4. The van der Waals surface area contributed by atoms with Crippen LogP contribution in [0.15, 0.2) is 52.1 Å². The fourth-order valence-electron chi connectivity index (χ4n) is 2.32. The van der Waals surface area contributed by atoms with Crippen LogP contribution in [-0.4, -0.2) is 26.1 Å². The fourth-order valence-corrected chi connectivity index (χ4v) is 2.32. The molecule has 0 spiro atoms. The van der Waals surface area contributed by atoms with Crippen LogP contribution in [0.3, 0.4) is 0 Å². The number of hydrogen-bond acceptors (Lipinski definition) is 2. The van der Waals surface area contributed by atoms with Crippen molar-refractivity contribution in [2.24, 2.45) is 4.99 Å². The van der Waals surface area contributed by atoms with Crippen molar-refractivity contribution in [1.29, 1.82) is 0 Å². The molecule has 1 aromatic carbocycles. The van der Waals surface area contributed by atoms with Gasteiger partial charge < -0.3 is 15.1 Å². The quantitative estimate of drug-likeness (QED) is 0.420. The zero-order valence-electron chi connectivity index (χ0n) is 14.0. The van der Waals surface area contributed by atoms with Crippen molar-refractivity contribution >= 4 is 29.9 Å². The van der Waals surface area contributed by atoms with E-state index in [1.807, 2.05) is 12.1 Å². The molecule has 1 heterocycles. The Morgan fingerprint density at radius 3 is 2.70 bits per heavy atom. The molecule has 4 nitrogen and oxygen atoms in total. The van der Waals surface area contributed by atoms with Crippen molar-refractivity contribution in [1.82, 2.24) is 10.6 Å². The Morgan fingerprint density at radius 1 is 1.22 bits per heavy atom. The Balaban J connectivity index is 0.00000264. The molecule has 2 aromatic rings. The number of aliphatic imine (C=N–C) groups is 1. The standard InChI is InChI=1S/C18H25N3O.HI/c1-14-6-4-7-16(12-14)15(2)13-21-18(19-3)20-10-9-17-8-5-11-22-17;/h4-8,11-12,15H,9-10,13H2,1-3H3,(H2,19,20,21);1H. The lowest BCUT2D eigenvalue weighted by Crippen LogP contribution is -2.39. The maximum Gasteiger partial charge on any atom is 0.191 e. The maximum absolute atomic E-state index is 5.32. The van der Waals surface area contributed by atoms with Gasteiger partial charge in [-0.15, -0.1) is 24.0 Å². The first-order valence-electron chi connectivity index (χ1n) is 7.72. The summed E-state index contributed by atoms with van der Waals surface area (Å²) in [6.07, 6.45) is 2.55. The lowest BCUT2D eigenvalue weighted by molar-refractivity contribution is 0.506. The van der Waals surface area contributed by atoms with Crippen molar-refractivity contribution < 1.29 is 4.42 Å². The summed E-state index contributed by atoms with van der Waals surface area (Å²) in [7, 11) is 1.79. The molecule has 0 aliphatic rings. The molecule has 1 aromatic heterocycles. The van der Waals surface area contributed by atoms with Gasteiger partial charge in [-0.05, 0) is 30.5 Å². The zero-order valence-corrected chi connectivity index (χ0v) is 16.3. The summed E-state index contributed by atoms with van der Waals surface area (Å²) in [5, 5.41) is 6.68. The molecule has 0 aliphatic carbocycles. The van der Waals surface area contributed by atoms with Crippen LogP contribution >= 0.6 is 24.0 Å². The van der Waals surface area contributed by atoms with E-state index in [0.717, 1.165) is 31.2 Å². The Bertz CT molecular complexity index is 596. The third-order valence-electron chi connectivity index (χ3n) is 3.65. The molecule has 126 valence electrons. The average Bonchev–Trinajstić information content (AvgIpc) is 3.03. The van der Waals surface area contributed by atoms with E-state index in [9.17, 15) is 0 Å². The average molecular weight is 427 g/mol. The first kappa shape index (κ1) is 19.5. The van der Waals surface area contributed by atoms with E-state index in [4.69, 9.17) is 4.42 Å². The molecule has 2 rings (SSSR count). The van der Waals surface area contributed by atoms with Crippen molar-refractivity contribution in [3.8, 4) is 0 Å². The smallest absolute Gasteiger partial charge is 0.191 e. The second-order valence-electron chi connectivity index (χ2n) is 5.52. The number of benzene rings is 1. The molecular formula is C18H26IN3O. The summed E-state index contributed by atoms with van der Waals surface area (Å²) >= 11 is 0. The van der Waals surface area contributed by atoms with Gasteiger partial charge in [-0.3, -0.25) is 4.99 Å². The minimum Gasteiger partial charge on any atom is -0.469 e. The Hall–Kier alpha value is -1.50. The number of hydrogen-bond donors (Lipinski definition) is 2. The van der Waals surface area contributed by atoms with Gasteiger partial charge in [0.1, 0.15) is 5.76 Å². The van der Waals surface area contributed by atoms with Gasteiger partial charge in [0.05, 0.1) is 6.26 Å². The summed E-state index contributed by atoms with van der Waals surface area (Å²) in [5.74, 6) is 2.24. The van der Waals surface area contributed by atoms with Crippen LogP contribution in [0.25, 0.3) is 0 Å². The highest BCUT2D eigenvalue weighted by Gasteiger charge is 2.07. The summed E-state index contributed by atoms with van der Waals surface area (Å²) < 4.78 is 5.32. The highest BCUT2D eigenvalue weighted by molar-refractivity contribution is 14.0. The molecule has 1 atom stereocenters. The maximum atomic E-state index is 5.32. The van der Waals surface area contributed by atoms with Crippen LogP contribution in [0.1, 0.15) is 29.7 Å². The van der Waals surface area contributed by atoms with Gasteiger partial charge in [0.15, 0.2) is 5.96 Å². The fraction of sp³-hybridized carbons (Fsp3) is 0.389. The number of halogens is 1. The van der Waals surface area contributed by atoms with Crippen LogP contribution in [0.4, 0.5) is 0 Å². The van der Waals surface area contributed by atoms with Crippen molar-refractivity contribution in [2.75, 3.05) is 20.1 Å². The van der Waals surface area contributed by atoms with Gasteiger partial charge in [0.25, 0.3) is 0 Å². The van der Waals surface area contributed by atoms with Gasteiger partial charge in [0, 0.05) is 26.6 Å². The molecule has 0 saturated heterocycles. The van der Waals surface area contributed by atoms with E-state index in [0.29, 0.717) is 5.92 Å². The molecule has 23 heavy (non-hydrogen) atoms. The highest BCUT2D eigenvalue weighted by Crippen LogP contribution is 2.15. The number of guanidine groups is 1. The van der Waals surface area contributed by atoms with Crippen LogP contribution < -0.4 is 10.6 Å². The molecular weight excluding hydrogens is 401 g/mol. The molecule has 0 aliphatic heterocycles. The van der Waals surface area contributed by atoms with Gasteiger partial charge in [-0.1, -0.05) is 36.8 Å². The van der Waals surface area contributed by atoms with Gasteiger partial charge in [0.2, 0.25) is 0 Å². The SMILES string of the molecule is CN=C(NCCc1ccco1)NCC(C)c1cccc(C)c1.I. The molecule has 0 bridgehead atoms. The topological polar surface area (TPSA) is 49.6 Å². The van der Waals surface area contributed by atoms with Gasteiger partial charge in [-0.25, -0.2) is 0 Å². The first-order valence-corrected chi connectivity index (χ1v) is 7.72. The summed E-state index contributed by atoms with van der Waals surface area (Å²) in [5.41, 5.74) is 2.64. The second kappa shape index (κ2) is 10.3.